The number of halogens is 4. The van der Waals surface area contributed by atoms with E-state index >= 15 is 0 Å². The van der Waals surface area contributed by atoms with Gasteiger partial charge in [-0.05, 0) is 60.7 Å². The van der Waals surface area contributed by atoms with Crippen LogP contribution in [0.1, 0.15) is 20.7 Å². The van der Waals surface area contributed by atoms with E-state index in [4.69, 9.17) is 16.6 Å². The number of carboxylic acids is 1. The van der Waals surface area contributed by atoms with Gasteiger partial charge in [-0.1, -0.05) is 29.8 Å². The molecule has 1 aliphatic heterocycles. The van der Waals surface area contributed by atoms with E-state index in [2.05, 4.69) is 15.1 Å². The van der Waals surface area contributed by atoms with Gasteiger partial charge in [0, 0.05) is 53.5 Å². The van der Waals surface area contributed by atoms with Crippen LogP contribution in [-0.2, 0) is 0 Å². The second kappa shape index (κ2) is 13.5. The molecule has 2 N–H and O–H groups in total. The summed E-state index contributed by atoms with van der Waals surface area (Å²) >= 11 is 6.00. The summed E-state index contributed by atoms with van der Waals surface area (Å²) in [5.41, 5.74) is 2.87. The molecule has 0 aliphatic carbocycles. The average molecular weight is 596 g/mol. The molecule has 1 saturated heterocycles. The molecule has 0 bridgehead atoms. The number of carbonyl (C=O) groups excluding carboxylic acids is 1. The number of rotatable bonds is 5. The Morgan fingerprint density at radius 3 is 2.08 bits per heavy atom. The molecular formula is C27H26Cl4N4O3. The summed E-state index contributed by atoms with van der Waals surface area (Å²) in [6.45, 7) is 3.00. The lowest BCUT2D eigenvalue weighted by Gasteiger charge is -2.37. The van der Waals surface area contributed by atoms with Crippen LogP contribution in [0.15, 0.2) is 78.9 Å². The van der Waals surface area contributed by atoms with Gasteiger partial charge < -0.3 is 20.2 Å². The molecule has 1 amide bonds. The highest BCUT2D eigenvalue weighted by Crippen LogP contribution is 2.28. The number of hydrogen-bond donors (Lipinski definition) is 2. The van der Waals surface area contributed by atoms with Gasteiger partial charge in [-0.25, -0.2) is 9.78 Å². The van der Waals surface area contributed by atoms with E-state index in [1.165, 1.54) is 0 Å². The molecule has 7 nitrogen and oxygen atoms in total. The fourth-order valence-corrected chi connectivity index (χ4v) is 4.39. The largest absolute Gasteiger partial charge is 0.478 e. The molecule has 5 rings (SSSR count). The van der Waals surface area contributed by atoms with Gasteiger partial charge in [-0.3, -0.25) is 4.79 Å². The van der Waals surface area contributed by atoms with Gasteiger partial charge in [0.25, 0.3) is 5.91 Å². The van der Waals surface area contributed by atoms with Gasteiger partial charge in [0.2, 0.25) is 0 Å². The Kier molecular flexibility index (Phi) is 11.0. The highest BCUT2D eigenvalue weighted by atomic mass is 35.5. The first-order chi connectivity index (χ1) is 17.0. The van der Waals surface area contributed by atoms with E-state index in [1.807, 2.05) is 30.3 Å². The van der Waals surface area contributed by atoms with E-state index < -0.39 is 5.97 Å². The molecule has 200 valence electrons. The number of amides is 1. The molecular weight excluding hydrogens is 570 g/mol. The van der Waals surface area contributed by atoms with Crippen molar-refractivity contribution < 1.29 is 14.7 Å². The third kappa shape index (κ3) is 6.79. The van der Waals surface area contributed by atoms with E-state index in [-0.39, 0.29) is 48.7 Å². The maximum atomic E-state index is 12.5. The first kappa shape index (κ1) is 31.0. The Morgan fingerprint density at radius 2 is 1.45 bits per heavy atom. The molecule has 0 saturated carbocycles. The van der Waals surface area contributed by atoms with Crippen molar-refractivity contribution in [2.24, 2.45) is 0 Å². The molecule has 4 aromatic rings. The quantitative estimate of drug-likeness (QED) is 0.276. The number of nitrogens with one attached hydrogen (secondary N) is 1. The van der Waals surface area contributed by atoms with Crippen molar-refractivity contribution in [2.45, 2.75) is 0 Å². The Bertz CT molecular complexity index is 1400. The number of anilines is 3. The number of fused-ring (bicyclic) bond motifs is 1. The topological polar surface area (TPSA) is 85.8 Å². The summed E-state index contributed by atoms with van der Waals surface area (Å²) in [5.74, 6) is -0.665. The van der Waals surface area contributed by atoms with E-state index in [0.29, 0.717) is 46.1 Å². The fraction of sp³-hybridized carbons (Fsp3) is 0.148. The molecule has 2 heterocycles. The van der Waals surface area contributed by atoms with Gasteiger partial charge in [-0.15, -0.1) is 37.2 Å². The highest BCUT2D eigenvalue weighted by Gasteiger charge is 2.21. The second-order valence-corrected chi connectivity index (χ2v) is 8.77. The minimum Gasteiger partial charge on any atom is -0.478 e. The molecule has 0 atom stereocenters. The smallest absolute Gasteiger partial charge is 0.336 e. The molecule has 3 aromatic carbocycles. The van der Waals surface area contributed by atoms with Gasteiger partial charge in [-0.2, -0.15) is 0 Å². The number of hydrogen-bond acceptors (Lipinski definition) is 5. The van der Waals surface area contributed by atoms with Crippen LogP contribution in [0.4, 0.5) is 17.2 Å². The van der Waals surface area contributed by atoms with Crippen molar-refractivity contribution in [3.8, 4) is 0 Å². The predicted octanol–water partition coefficient (Wildman–Crippen LogP) is 6.43. The maximum Gasteiger partial charge on any atom is 0.336 e. The van der Waals surface area contributed by atoms with Crippen LogP contribution in [0.25, 0.3) is 10.9 Å². The van der Waals surface area contributed by atoms with Crippen LogP contribution in [0, 0.1) is 0 Å². The van der Waals surface area contributed by atoms with Crippen molar-refractivity contribution >= 4 is 88.8 Å². The zero-order valence-corrected chi connectivity index (χ0v) is 23.2. The monoisotopic (exact) mass is 594 g/mol. The standard InChI is InChI=1S/C27H23ClN4O3.3ClH/c28-19-6-9-21(10-7-19)31-12-14-32(15-13-31)25-17-23(27(34)35)22-16-20(8-11-24(22)30-25)29-26(33)18-4-2-1-3-5-18;;;/h1-11,16-17H,12-15H2,(H,29,33)(H,34,35);3*1H. The predicted molar refractivity (Wildman–Crippen MR) is 161 cm³/mol. The first-order valence-electron chi connectivity index (χ1n) is 11.3. The van der Waals surface area contributed by atoms with Crippen LogP contribution >= 0.6 is 48.8 Å². The van der Waals surface area contributed by atoms with Crippen molar-refractivity contribution in [3.63, 3.8) is 0 Å². The molecule has 0 spiro atoms. The van der Waals surface area contributed by atoms with Gasteiger partial charge in [0.1, 0.15) is 5.82 Å². The Balaban J connectivity index is 0.00000169. The average Bonchev–Trinajstić information content (AvgIpc) is 2.89. The third-order valence-corrected chi connectivity index (χ3v) is 6.37. The lowest BCUT2D eigenvalue weighted by Crippen LogP contribution is -2.46. The van der Waals surface area contributed by atoms with Crippen LogP contribution in [0.2, 0.25) is 5.02 Å². The summed E-state index contributed by atoms with van der Waals surface area (Å²) in [6.07, 6.45) is 0. The number of carbonyl (C=O) groups is 2. The van der Waals surface area contributed by atoms with Crippen molar-refractivity contribution in [1.82, 2.24) is 4.98 Å². The van der Waals surface area contributed by atoms with Crippen LogP contribution in [-0.4, -0.2) is 48.1 Å². The van der Waals surface area contributed by atoms with Crippen molar-refractivity contribution in [2.75, 3.05) is 41.3 Å². The molecule has 0 unspecified atom stereocenters. The number of aromatic nitrogens is 1. The number of piperazine rings is 1. The molecule has 38 heavy (non-hydrogen) atoms. The zero-order chi connectivity index (χ0) is 24.4. The second-order valence-electron chi connectivity index (χ2n) is 8.34. The Labute approximate surface area is 244 Å². The number of nitrogens with zero attached hydrogens (tertiary/aromatic N) is 3. The van der Waals surface area contributed by atoms with Crippen molar-refractivity contribution in [1.29, 1.82) is 0 Å². The minimum absolute atomic E-state index is 0. The number of pyridine rings is 1. The molecule has 1 fully saturated rings. The van der Waals surface area contributed by atoms with E-state index in [0.717, 1.165) is 18.8 Å². The highest BCUT2D eigenvalue weighted by molar-refractivity contribution is 6.30. The van der Waals surface area contributed by atoms with Gasteiger partial charge in [0.15, 0.2) is 0 Å². The minimum atomic E-state index is -1.04. The zero-order valence-electron chi connectivity index (χ0n) is 20.0. The van der Waals surface area contributed by atoms with Crippen molar-refractivity contribution in [3.05, 3.63) is 95.0 Å². The lowest BCUT2D eigenvalue weighted by atomic mass is 10.1. The lowest BCUT2D eigenvalue weighted by molar-refractivity contribution is 0.0698. The third-order valence-electron chi connectivity index (χ3n) is 6.11. The summed E-state index contributed by atoms with van der Waals surface area (Å²) in [5, 5.41) is 13.9. The number of benzene rings is 3. The van der Waals surface area contributed by atoms with E-state index in [1.54, 1.807) is 48.5 Å². The van der Waals surface area contributed by atoms with Gasteiger partial charge in [0.05, 0.1) is 11.1 Å². The van der Waals surface area contributed by atoms with E-state index in [9.17, 15) is 14.7 Å². The normalized spacial score (nSPS) is 12.6. The summed E-state index contributed by atoms with van der Waals surface area (Å²) in [6, 6.07) is 23.4. The molecule has 11 heteroatoms. The Morgan fingerprint density at radius 1 is 0.816 bits per heavy atom. The molecule has 1 aromatic heterocycles. The fourth-order valence-electron chi connectivity index (χ4n) is 4.27. The van der Waals surface area contributed by atoms with Crippen LogP contribution in [0.3, 0.4) is 0 Å². The maximum absolute atomic E-state index is 12.5. The number of aromatic carboxylic acids is 1. The van der Waals surface area contributed by atoms with Crippen LogP contribution in [0.5, 0.6) is 0 Å². The Hall–Kier alpha value is -3.23. The van der Waals surface area contributed by atoms with Crippen LogP contribution < -0.4 is 15.1 Å². The first-order valence-corrected chi connectivity index (χ1v) is 11.7. The number of carboxylic acid groups (broad SMARTS) is 1. The summed E-state index contributed by atoms with van der Waals surface area (Å²) in [7, 11) is 0. The molecule has 1 aliphatic rings. The SMILES string of the molecule is Cl.Cl.Cl.O=C(Nc1ccc2nc(N3CCN(c4ccc(Cl)cc4)CC3)cc(C(=O)O)c2c1)c1ccccc1. The summed E-state index contributed by atoms with van der Waals surface area (Å²) in [4.78, 5) is 33.7. The summed E-state index contributed by atoms with van der Waals surface area (Å²) < 4.78 is 0. The molecule has 0 radical (unpaired) electrons. The van der Waals surface area contributed by atoms with Gasteiger partial charge >= 0.3 is 5.97 Å².